The zero-order valence-corrected chi connectivity index (χ0v) is 20.2. The van der Waals surface area contributed by atoms with Gasteiger partial charge in [-0.05, 0) is 93.2 Å². The van der Waals surface area contributed by atoms with Gasteiger partial charge in [-0.2, -0.15) is 4.31 Å². The topological polar surface area (TPSA) is 80.8 Å². The molecule has 1 aromatic carbocycles. The second-order valence-corrected chi connectivity index (χ2v) is 12.8. The number of Topliss-reactive ketones (excluding diaryl/α,β-unsaturated/α-hetero) is 1. The molecule has 1 heterocycles. The summed E-state index contributed by atoms with van der Waals surface area (Å²) in [7, 11) is -3.44. The van der Waals surface area contributed by atoms with Crippen LogP contribution in [0.1, 0.15) is 69.8 Å². The van der Waals surface area contributed by atoms with Crippen molar-refractivity contribution in [3.05, 3.63) is 29.8 Å². The number of carbonyl (C=O) groups excluding carboxylic acids is 2. The first-order chi connectivity index (χ1) is 15.8. The number of nitrogens with zero attached hydrogens (tertiary/aromatic N) is 1. The molecule has 1 aliphatic heterocycles. The highest BCUT2D eigenvalue weighted by Gasteiger charge is 2.54. The van der Waals surface area contributed by atoms with Crippen LogP contribution in [0.5, 0.6) is 0 Å². The predicted molar refractivity (Wildman–Crippen MR) is 124 cm³/mol. The average molecular weight is 474 g/mol. The highest BCUT2D eigenvalue weighted by atomic mass is 32.2. The predicted octanol–water partition coefficient (Wildman–Crippen LogP) is 4.12. The Labute approximate surface area is 197 Å². The number of ketones is 1. The smallest absolute Gasteiger partial charge is 0.306 e. The minimum Gasteiger partial charge on any atom is -0.458 e. The maximum Gasteiger partial charge on any atom is 0.306 e. The molecule has 0 radical (unpaired) electrons. The minimum atomic E-state index is -3.44. The molecule has 5 aliphatic rings. The highest BCUT2D eigenvalue weighted by molar-refractivity contribution is 7.89. The number of carbonyl (C=O) groups is 2. The molecule has 0 unspecified atom stereocenters. The van der Waals surface area contributed by atoms with Crippen LogP contribution in [0.3, 0.4) is 0 Å². The molecule has 0 N–H and O–H groups in total. The van der Waals surface area contributed by atoms with E-state index in [1.54, 1.807) is 28.6 Å². The molecule has 6 nitrogen and oxygen atoms in total. The third-order valence-corrected chi connectivity index (χ3v) is 10.4. The van der Waals surface area contributed by atoms with Gasteiger partial charge in [-0.1, -0.05) is 18.6 Å². The molecule has 6 rings (SSSR count). The van der Waals surface area contributed by atoms with Crippen LogP contribution in [0, 0.1) is 23.2 Å². The second kappa shape index (κ2) is 9.14. The van der Waals surface area contributed by atoms with Crippen molar-refractivity contribution < 1.29 is 22.7 Å². The Morgan fingerprint density at radius 2 is 1.48 bits per heavy atom. The summed E-state index contributed by atoms with van der Waals surface area (Å²) in [6.07, 6.45) is 10.4. The van der Waals surface area contributed by atoms with Crippen LogP contribution in [-0.2, 0) is 30.8 Å². The van der Waals surface area contributed by atoms with E-state index >= 15 is 0 Å². The van der Waals surface area contributed by atoms with E-state index in [1.165, 1.54) is 19.3 Å². The van der Waals surface area contributed by atoms with Crippen molar-refractivity contribution in [1.29, 1.82) is 0 Å². The van der Waals surface area contributed by atoms with Crippen LogP contribution in [0.4, 0.5) is 0 Å². The largest absolute Gasteiger partial charge is 0.458 e. The van der Waals surface area contributed by atoms with Crippen LogP contribution in [0.15, 0.2) is 29.2 Å². The number of rotatable bonds is 8. The minimum absolute atomic E-state index is 0.0992. The fraction of sp³-hybridized carbons (Fsp3) is 0.692. The lowest BCUT2D eigenvalue weighted by Crippen LogP contribution is -2.51. The van der Waals surface area contributed by atoms with Gasteiger partial charge in [0.25, 0.3) is 0 Å². The first-order valence-electron chi connectivity index (χ1n) is 12.6. The van der Waals surface area contributed by atoms with Crippen molar-refractivity contribution >= 4 is 21.8 Å². The van der Waals surface area contributed by atoms with Crippen molar-refractivity contribution in [2.75, 3.05) is 19.7 Å². The number of benzene rings is 1. The fourth-order valence-electron chi connectivity index (χ4n) is 7.15. The summed E-state index contributed by atoms with van der Waals surface area (Å²) in [6.45, 7) is 1.06. The van der Waals surface area contributed by atoms with Gasteiger partial charge in [-0.3, -0.25) is 9.59 Å². The SMILES string of the molecule is O=C(CCc1ccc(S(=O)(=O)N2CCCCC2)cc1)OCC(=O)C12CC3CC(CC(C3)C1)C2. The van der Waals surface area contributed by atoms with E-state index in [9.17, 15) is 18.0 Å². The lowest BCUT2D eigenvalue weighted by atomic mass is 9.48. The van der Waals surface area contributed by atoms with Crippen molar-refractivity contribution in [1.82, 2.24) is 4.31 Å². The Bertz CT molecular complexity index is 959. The molecule has 0 atom stereocenters. The van der Waals surface area contributed by atoms with E-state index in [4.69, 9.17) is 4.74 Å². The van der Waals surface area contributed by atoms with E-state index < -0.39 is 10.0 Å². The summed E-state index contributed by atoms with van der Waals surface area (Å²) >= 11 is 0. The summed E-state index contributed by atoms with van der Waals surface area (Å²) in [6, 6.07) is 6.79. The molecule has 4 bridgehead atoms. The van der Waals surface area contributed by atoms with E-state index in [1.807, 2.05) is 0 Å². The Morgan fingerprint density at radius 3 is 2.06 bits per heavy atom. The zero-order valence-electron chi connectivity index (χ0n) is 19.3. The second-order valence-electron chi connectivity index (χ2n) is 10.9. The Morgan fingerprint density at radius 1 is 0.909 bits per heavy atom. The van der Waals surface area contributed by atoms with Gasteiger partial charge in [-0.25, -0.2) is 8.42 Å². The first kappa shape index (κ1) is 23.0. The molecule has 4 aliphatic carbocycles. The molecule has 7 heteroatoms. The normalized spacial score (nSPS) is 31.5. The quantitative estimate of drug-likeness (QED) is 0.531. The van der Waals surface area contributed by atoms with E-state index in [0.29, 0.717) is 42.2 Å². The van der Waals surface area contributed by atoms with Gasteiger partial charge < -0.3 is 4.74 Å². The van der Waals surface area contributed by atoms with Gasteiger partial charge >= 0.3 is 5.97 Å². The maximum atomic E-state index is 13.0. The molecule has 0 spiro atoms. The number of hydrogen-bond donors (Lipinski definition) is 0. The third-order valence-electron chi connectivity index (χ3n) is 8.49. The molecule has 4 saturated carbocycles. The summed E-state index contributed by atoms with van der Waals surface area (Å²) in [5.74, 6) is 1.84. The summed E-state index contributed by atoms with van der Waals surface area (Å²) in [4.78, 5) is 25.6. The Kier molecular flexibility index (Phi) is 6.38. The van der Waals surface area contributed by atoms with Crippen molar-refractivity contribution in [3.8, 4) is 0 Å². The van der Waals surface area contributed by atoms with Crippen molar-refractivity contribution in [2.45, 2.75) is 75.5 Å². The van der Waals surface area contributed by atoms with E-state index in [2.05, 4.69) is 0 Å². The van der Waals surface area contributed by atoms with Crippen LogP contribution in [0.2, 0.25) is 0 Å². The number of piperidine rings is 1. The molecule has 0 aromatic heterocycles. The van der Waals surface area contributed by atoms with Gasteiger partial charge in [0.15, 0.2) is 12.4 Å². The van der Waals surface area contributed by atoms with E-state index in [-0.39, 0.29) is 30.2 Å². The molecule has 1 saturated heterocycles. The van der Waals surface area contributed by atoms with Crippen LogP contribution >= 0.6 is 0 Å². The summed E-state index contributed by atoms with van der Waals surface area (Å²) in [5.41, 5.74) is 0.655. The summed E-state index contributed by atoms with van der Waals surface area (Å²) in [5, 5.41) is 0. The number of esters is 1. The molecule has 1 aromatic rings. The fourth-order valence-corrected chi connectivity index (χ4v) is 8.67. The Balaban J connectivity index is 1.10. The molecule has 0 amide bonds. The molecule has 180 valence electrons. The van der Waals surface area contributed by atoms with Gasteiger partial charge in [0.2, 0.25) is 10.0 Å². The van der Waals surface area contributed by atoms with Crippen molar-refractivity contribution in [3.63, 3.8) is 0 Å². The number of sulfonamides is 1. The monoisotopic (exact) mass is 473 g/mol. The van der Waals surface area contributed by atoms with E-state index in [0.717, 1.165) is 44.1 Å². The molecule has 33 heavy (non-hydrogen) atoms. The lowest BCUT2D eigenvalue weighted by molar-refractivity contribution is -0.157. The van der Waals surface area contributed by atoms with Crippen LogP contribution < -0.4 is 0 Å². The zero-order chi connectivity index (χ0) is 23.1. The maximum absolute atomic E-state index is 13.0. The summed E-state index contributed by atoms with van der Waals surface area (Å²) < 4.78 is 32.5. The van der Waals surface area contributed by atoms with Crippen molar-refractivity contribution in [2.24, 2.45) is 23.2 Å². The average Bonchev–Trinajstić information content (AvgIpc) is 2.81. The molecule has 5 fully saturated rings. The van der Waals surface area contributed by atoms with Gasteiger partial charge in [-0.15, -0.1) is 0 Å². The first-order valence-corrected chi connectivity index (χ1v) is 14.1. The van der Waals surface area contributed by atoms with Gasteiger partial charge in [0, 0.05) is 24.9 Å². The number of ether oxygens (including phenoxy) is 1. The number of hydrogen-bond acceptors (Lipinski definition) is 5. The van der Waals surface area contributed by atoms with Crippen LogP contribution in [0.25, 0.3) is 0 Å². The van der Waals surface area contributed by atoms with Gasteiger partial charge in [0.05, 0.1) is 4.90 Å². The van der Waals surface area contributed by atoms with Gasteiger partial charge in [0.1, 0.15) is 0 Å². The lowest BCUT2D eigenvalue weighted by Gasteiger charge is -2.55. The molecular weight excluding hydrogens is 438 g/mol. The van der Waals surface area contributed by atoms with Crippen LogP contribution in [-0.4, -0.2) is 44.2 Å². The number of aryl methyl sites for hydroxylation is 1. The third kappa shape index (κ3) is 4.76. The Hall–Kier alpha value is -1.73. The highest BCUT2D eigenvalue weighted by Crippen LogP contribution is 2.60. The molecular formula is C26H35NO5S. The standard InChI is InChI=1S/C26H35NO5S/c28-24(26-15-20-12-21(16-26)14-22(13-20)17-26)18-32-25(29)9-6-19-4-7-23(8-5-19)33(30,31)27-10-2-1-3-11-27/h4-5,7-8,20-22H,1-3,6,9-18H2.